The zero-order valence-corrected chi connectivity index (χ0v) is 12.2. The first-order valence-corrected chi connectivity index (χ1v) is 6.95. The summed E-state index contributed by atoms with van der Waals surface area (Å²) >= 11 is 0. The molecule has 0 saturated heterocycles. The predicted molar refractivity (Wildman–Crippen MR) is 77.3 cm³/mol. The third kappa shape index (κ3) is 3.35. The molecule has 1 aliphatic carbocycles. The molecule has 2 rings (SSSR count). The molecule has 5 heteroatoms. The number of hydrogen-bond donors (Lipinski definition) is 2. The first kappa shape index (κ1) is 14.1. The summed E-state index contributed by atoms with van der Waals surface area (Å²) in [6.07, 6.45) is 2.49. The predicted octanol–water partition coefficient (Wildman–Crippen LogP) is 2.51. The second-order valence-electron chi connectivity index (χ2n) is 5.40. The summed E-state index contributed by atoms with van der Waals surface area (Å²) in [5.41, 5.74) is 0. The molecule has 1 fully saturated rings. The lowest BCUT2D eigenvalue weighted by atomic mass is 9.98. The highest BCUT2D eigenvalue weighted by molar-refractivity contribution is 5.47. The molecule has 2 N–H and O–H groups in total. The molecule has 5 nitrogen and oxygen atoms in total. The van der Waals surface area contributed by atoms with Crippen LogP contribution in [-0.2, 0) is 11.3 Å². The minimum atomic E-state index is 0.431. The molecule has 0 spiro atoms. The highest BCUT2D eigenvalue weighted by Gasteiger charge is 2.29. The number of aromatic nitrogens is 2. The van der Waals surface area contributed by atoms with Crippen molar-refractivity contribution < 1.29 is 4.74 Å². The lowest BCUT2D eigenvalue weighted by molar-refractivity contribution is 0.178. The summed E-state index contributed by atoms with van der Waals surface area (Å²) in [7, 11) is 3.52. The molecule has 1 saturated carbocycles. The molecule has 3 atom stereocenters. The van der Waals surface area contributed by atoms with Gasteiger partial charge >= 0.3 is 0 Å². The standard InChI is InChI=1S/C14H24N4O/c1-9-5-6-11(10(9)2)16-13-7-12(15-3)17-14(18-13)8-19-4/h7,9-11H,5-6,8H2,1-4H3,(H2,15,16,17,18). The zero-order valence-electron chi connectivity index (χ0n) is 12.2. The highest BCUT2D eigenvalue weighted by atomic mass is 16.5. The van der Waals surface area contributed by atoms with Gasteiger partial charge in [0.05, 0.1) is 0 Å². The number of ether oxygens (including phenoxy) is 1. The molecule has 1 aromatic heterocycles. The van der Waals surface area contributed by atoms with Crippen LogP contribution >= 0.6 is 0 Å². The van der Waals surface area contributed by atoms with E-state index in [9.17, 15) is 0 Å². The molecule has 1 heterocycles. The first-order chi connectivity index (χ1) is 9.13. The average molecular weight is 264 g/mol. The highest BCUT2D eigenvalue weighted by Crippen LogP contribution is 2.33. The molecule has 0 aromatic carbocycles. The normalized spacial score (nSPS) is 26.4. The lowest BCUT2D eigenvalue weighted by Crippen LogP contribution is -2.25. The molecule has 0 amide bonds. The molecule has 0 radical (unpaired) electrons. The van der Waals surface area contributed by atoms with E-state index in [0.29, 0.717) is 24.4 Å². The minimum Gasteiger partial charge on any atom is -0.377 e. The van der Waals surface area contributed by atoms with E-state index in [0.717, 1.165) is 17.6 Å². The van der Waals surface area contributed by atoms with Gasteiger partial charge in [0.2, 0.25) is 0 Å². The SMILES string of the molecule is CNc1cc(NC2CCC(C)C2C)nc(COC)n1. The number of methoxy groups -OCH3 is 1. The molecular weight excluding hydrogens is 240 g/mol. The zero-order chi connectivity index (χ0) is 13.8. The first-order valence-electron chi connectivity index (χ1n) is 6.95. The smallest absolute Gasteiger partial charge is 0.158 e. The van der Waals surface area contributed by atoms with E-state index in [1.165, 1.54) is 12.8 Å². The molecule has 3 unspecified atom stereocenters. The summed E-state index contributed by atoms with van der Waals surface area (Å²) in [5, 5.41) is 6.61. The van der Waals surface area contributed by atoms with E-state index in [1.807, 2.05) is 13.1 Å². The Morgan fingerprint density at radius 2 is 2.00 bits per heavy atom. The quantitative estimate of drug-likeness (QED) is 0.855. The summed E-state index contributed by atoms with van der Waals surface area (Å²) in [4.78, 5) is 8.87. The van der Waals surface area contributed by atoms with Gasteiger partial charge in [-0.3, -0.25) is 0 Å². The van der Waals surface area contributed by atoms with E-state index in [2.05, 4.69) is 34.4 Å². The van der Waals surface area contributed by atoms with Gasteiger partial charge < -0.3 is 15.4 Å². The van der Waals surface area contributed by atoms with Gasteiger partial charge in [0.1, 0.15) is 18.2 Å². The Balaban J connectivity index is 2.12. The number of nitrogens with one attached hydrogen (secondary N) is 2. The fourth-order valence-electron chi connectivity index (χ4n) is 2.65. The maximum absolute atomic E-state index is 5.11. The Hall–Kier alpha value is -1.36. The van der Waals surface area contributed by atoms with Gasteiger partial charge in [-0.15, -0.1) is 0 Å². The lowest BCUT2D eigenvalue weighted by Gasteiger charge is -2.20. The molecule has 0 aliphatic heterocycles. The van der Waals surface area contributed by atoms with E-state index in [1.54, 1.807) is 7.11 Å². The van der Waals surface area contributed by atoms with E-state index in [4.69, 9.17) is 4.74 Å². The topological polar surface area (TPSA) is 59.1 Å². The van der Waals surface area contributed by atoms with Crippen molar-refractivity contribution in [3.05, 3.63) is 11.9 Å². The van der Waals surface area contributed by atoms with Crippen LogP contribution in [0.3, 0.4) is 0 Å². The van der Waals surface area contributed by atoms with Crippen LogP contribution in [0.25, 0.3) is 0 Å². The second-order valence-corrected chi connectivity index (χ2v) is 5.40. The van der Waals surface area contributed by atoms with Crippen molar-refractivity contribution in [3.8, 4) is 0 Å². The summed E-state index contributed by atoms with van der Waals surface area (Å²) in [6.45, 7) is 5.06. The van der Waals surface area contributed by atoms with Crippen LogP contribution in [0.2, 0.25) is 0 Å². The molecule has 1 aliphatic rings. The second kappa shape index (κ2) is 6.19. The molecule has 0 bridgehead atoms. The van der Waals surface area contributed by atoms with Crippen LogP contribution in [0.4, 0.5) is 11.6 Å². The largest absolute Gasteiger partial charge is 0.377 e. The van der Waals surface area contributed by atoms with Crippen molar-refractivity contribution in [3.63, 3.8) is 0 Å². The van der Waals surface area contributed by atoms with E-state index >= 15 is 0 Å². The van der Waals surface area contributed by atoms with Crippen LogP contribution in [0.1, 0.15) is 32.5 Å². The summed E-state index contributed by atoms with van der Waals surface area (Å²) < 4.78 is 5.11. The van der Waals surface area contributed by atoms with Crippen molar-refractivity contribution in [2.45, 2.75) is 39.3 Å². The van der Waals surface area contributed by atoms with Gasteiger partial charge in [-0.1, -0.05) is 13.8 Å². The van der Waals surface area contributed by atoms with Crippen molar-refractivity contribution in [2.75, 3.05) is 24.8 Å². The Bertz CT molecular complexity index is 424. The van der Waals surface area contributed by atoms with E-state index < -0.39 is 0 Å². The molecule has 1 aromatic rings. The Labute approximate surface area is 115 Å². The van der Waals surface area contributed by atoms with Crippen molar-refractivity contribution in [1.29, 1.82) is 0 Å². The van der Waals surface area contributed by atoms with Crippen molar-refractivity contribution >= 4 is 11.6 Å². The van der Waals surface area contributed by atoms with Gasteiger partial charge in [-0.2, -0.15) is 0 Å². The molecule has 106 valence electrons. The third-order valence-electron chi connectivity index (χ3n) is 4.10. The average Bonchev–Trinajstić information content (AvgIpc) is 2.71. The Morgan fingerprint density at radius 1 is 1.26 bits per heavy atom. The number of anilines is 2. The maximum Gasteiger partial charge on any atom is 0.158 e. The van der Waals surface area contributed by atoms with Crippen LogP contribution in [-0.4, -0.2) is 30.2 Å². The maximum atomic E-state index is 5.11. The molecular formula is C14H24N4O. The van der Waals surface area contributed by atoms with Gasteiger partial charge in [-0.25, -0.2) is 9.97 Å². The minimum absolute atomic E-state index is 0.431. The summed E-state index contributed by atoms with van der Waals surface area (Å²) in [5.74, 6) is 3.87. The van der Waals surface area contributed by atoms with Crippen LogP contribution < -0.4 is 10.6 Å². The monoisotopic (exact) mass is 264 g/mol. The van der Waals surface area contributed by atoms with E-state index in [-0.39, 0.29) is 0 Å². The number of hydrogen-bond acceptors (Lipinski definition) is 5. The third-order valence-corrected chi connectivity index (χ3v) is 4.10. The van der Waals surface area contributed by atoms with Crippen LogP contribution in [0.5, 0.6) is 0 Å². The fourth-order valence-corrected chi connectivity index (χ4v) is 2.65. The Kier molecular flexibility index (Phi) is 4.58. The van der Waals surface area contributed by atoms with Crippen molar-refractivity contribution in [2.24, 2.45) is 11.8 Å². The fraction of sp³-hybridized carbons (Fsp3) is 0.714. The van der Waals surface area contributed by atoms with Crippen LogP contribution in [0.15, 0.2) is 6.07 Å². The van der Waals surface area contributed by atoms with Gasteiger partial charge in [-0.05, 0) is 24.7 Å². The van der Waals surface area contributed by atoms with Gasteiger partial charge in [0, 0.05) is 26.3 Å². The summed E-state index contributed by atoms with van der Waals surface area (Å²) in [6, 6.07) is 2.46. The van der Waals surface area contributed by atoms with Gasteiger partial charge in [0.15, 0.2) is 5.82 Å². The van der Waals surface area contributed by atoms with Gasteiger partial charge in [0.25, 0.3) is 0 Å². The van der Waals surface area contributed by atoms with Crippen LogP contribution in [0, 0.1) is 11.8 Å². The van der Waals surface area contributed by atoms with Crippen molar-refractivity contribution in [1.82, 2.24) is 9.97 Å². The Morgan fingerprint density at radius 3 is 2.58 bits per heavy atom. The molecule has 19 heavy (non-hydrogen) atoms. The number of rotatable bonds is 5. The number of nitrogens with zero attached hydrogens (tertiary/aromatic N) is 2.